The summed E-state index contributed by atoms with van der Waals surface area (Å²) in [7, 11) is -269. The fourth-order valence-corrected chi connectivity index (χ4v) is 694. The zero-order chi connectivity index (χ0) is 96.5. The largest absolute Gasteiger partial charge is 0.460 e. The average Bonchev–Trinajstić information content (AvgIpc) is 0.820. The Balaban J connectivity index is 6.06. The molecule has 0 fully saturated rings. The Hall–Kier alpha value is 1.72. The maximum Gasteiger partial charge on any atom is 0.381 e. The minimum atomic E-state index is -4.99. The lowest BCUT2D eigenvalue weighted by molar-refractivity contribution is 0.531. The number of hydrogen-bond acceptors (Lipinski definition) is 57. The van der Waals surface area contributed by atoms with Crippen LogP contribution >= 0.6 is 0 Å². The van der Waals surface area contributed by atoms with E-state index >= 15 is 0 Å². The highest BCUT2D eigenvalue weighted by Crippen LogP contribution is 2.08. The van der Waals surface area contributed by atoms with Gasteiger partial charge in [0.15, 0.2) is 18.1 Å². The standard InChI is InChI=1S/C6H22O57Si59/c1-65(2)62-64-67(7)68(8)69(9)70(10)71(11)72(12)73(13)74(14)75(15)76(16)77(17)78(18)79(19)80(20)81(21)82(22)83(23)84(24)85(25)86(26)87(27)88(28)89(29)90(30)91(31)92(32)93(33)94(34)95(35)96(36)97(37)98(38)99(39)100(40)101(41)102(42)103(43)104(44)105(45)106(46)107(47)108(48)109(49)110(50)111(51)112(52)113(53)114(54)115(55)116(56)117(57)118(58)119(59)120(60)121(61)122(5,6)63-66(3)4/h65-66H,64H2,1-6H3. The molecule has 0 heterocycles. The van der Waals surface area contributed by atoms with Crippen LogP contribution in [0.15, 0.2) is 0 Å². The van der Waals surface area contributed by atoms with E-state index in [9.17, 15) is 245 Å². The lowest BCUT2D eigenvalue weighted by atomic mass is 11.9. The van der Waals surface area contributed by atoms with Crippen LogP contribution in [0.5, 0.6) is 0 Å². The van der Waals surface area contributed by atoms with E-state index in [0.29, 0.717) is 0 Å². The fourth-order valence-electron chi connectivity index (χ4n) is 6.71. The molecule has 0 aliphatic rings. The molecular formula is C6H22O57Si59. The van der Waals surface area contributed by atoms with Gasteiger partial charge >= 0.3 is 425 Å². The molecule has 0 aliphatic heterocycles. The molecule has 624 valence electrons. The molecule has 0 rings (SSSR count). The first-order chi connectivity index (χ1) is 55.4. The van der Waals surface area contributed by atoms with E-state index in [4.69, 9.17) is 8.23 Å². The van der Waals surface area contributed by atoms with Crippen LogP contribution in [0.2, 0.25) is 39.3 Å². The Morgan fingerprint density at radius 3 is 0.328 bits per heavy atom. The highest BCUT2D eigenvalue weighted by Gasteiger charge is 2.63. The molecule has 116 heteroatoms. The molecule has 0 spiro atoms. The van der Waals surface area contributed by atoms with Crippen molar-refractivity contribution in [3.05, 3.63) is 0 Å². The van der Waals surface area contributed by atoms with Gasteiger partial charge in [0, 0.05) is 0 Å². The van der Waals surface area contributed by atoms with Crippen LogP contribution in [0.25, 0.3) is 0 Å². The zero-order valence-electron chi connectivity index (χ0n) is 59.1. The molecule has 0 amide bonds. The molecule has 0 aromatic rings. The molecule has 0 aromatic carbocycles. The van der Waals surface area contributed by atoms with Crippen LogP contribution in [0, 0.1) is 0 Å². The van der Waals surface area contributed by atoms with Crippen molar-refractivity contribution in [1.82, 2.24) is 0 Å². The molecule has 0 unspecified atom stereocenters. The quantitative estimate of drug-likeness (QED) is 0.0510. The predicted octanol–water partition coefficient (Wildman–Crippen LogP) is -26.7. The summed E-state index contributed by atoms with van der Waals surface area (Å²) in [6, 6.07) is 0. The summed E-state index contributed by atoms with van der Waals surface area (Å²) in [6.45, 7) is 9.05. The van der Waals surface area contributed by atoms with Crippen LogP contribution in [-0.2, 0) is 254 Å². The normalized spacial score (nSPS) is 10.4. The van der Waals surface area contributed by atoms with E-state index in [-0.39, 0.29) is 0 Å². The van der Waals surface area contributed by atoms with Crippen molar-refractivity contribution in [2.24, 2.45) is 0 Å². The SMILES string of the molecule is C[SiH](C)O[SiH2][Si](=O)[Si](=O)[Si](=O)[Si](=O)[Si](=O)[Si](=O)[Si](=O)[Si](=O)[Si](=O)[Si](=O)[Si](=O)[Si](=O)[Si](=O)[Si](=O)[Si](=O)[Si](=O)[Si](=O)[Si](=O)[Si](=O)[Si](=O)[Si](=O)[Si](=O)[Si](=O)[Si](=O)[Si](=O)[Si](=O)[Si](=O)[Si](=O)[Si](=O)[Si](=O)[Si](=O)[Si](=O)[Si](=O)[Si](=O)[Si](=O)[Si](=O)[Si](=O)[Si](=O)[Si](=O)[Si](=O)[Si](=O)[Si](=O)[Si](=O)[Si](=O)[Si](=O)[Si](=O)[Si](=O)[Si](=O)[Si](=O)[Si](=O)[Si](=O)[Si](=O)[Si](=O)[Si](=O)[Si](=O)[Si](C)(C)O[SiH](C)C. The van der Waals surface area contributed by atoms with Crippen molar-refractivity contribution in [1.29, 1.82) is 0 Å². The molecule has 0 bridgehead atoms. The van der Waals surface area contributed by atoms with Gasteiger partial charge in [0.2, 0.25) is 17.1 Å². The van der Waals surface area contributed by atoms with Gasteiger partial charge < -0.3 is 254 Å². The van der Waals surface area contributed by atoms with Crippen LogP contribution in [0.3, 0.4) is 0 Å². The van der Waals surface area contributed by atoms with E-state index in [1.165, 1.54) is 13.1 Å². The summed E-state index contributed by atoms with van der Waals surface area (Å²) >= 11 is 0. The third-order valence-electron chi connectivity index (χ3n) is 12.8. The van der Waals surface area contributed by atoms with Gasteiger partial charge in [0.25, 0.3) is 0 Å². The molecule has 0 N–H and O–H groups in total. The van der Waals surface area contributed by atoms with Crippen LogP contribution in [-0.4, -0.2) is 460 Å². The first-order valence-corrected chi connectivity index (χ1v) is 173. The van der Waals surface area contributed by atoms with Gasteiger partial charge in [-0.05, 0) is 39.3 Å². The van der Waals surface area contributed by atoms with Gasteiger partial charge in [-0.25, -0.2) is 0 Å². The van der Waals surface area contributed by atoms with Gasteiger partial charge in [-0.2, -0.15) is 0 Å². The van der Waals surface area contributed by atoms with Crippen LogP contribution < -0.4 is 0 Å². The summed E-state index contributed by atoms with van der Waals surface area (Å²) in [6.07, 6.45) is 0. The summed E-state index contributed by atoms with van der Waals surface area (Å²) in [5, 5.41) is 0. The van der Waals surface area contributed by atoms with Crippen molar-refractivity contribution >= 4 is 460 Å². The number of hydrogen-bond donors (Lipinski definition) is 0. The first kappa shape index (κ1) is 124. The van der Waals surface area contributed by atoms with Crippen molar-refractivity contribution < 1.29 is 254 Å². The summed E-state index contributed by atoms with van der Waals surface area (Å²) in [4.78, 5) is 0. The second-order valence-corrected chi connectivity index (χ2v) is 307. The zero-order valence-corrected chi connectivity index (χ0v) is 119. The van der Waals surface area contributed by atoms with Crippen molar-refractivity contribution in [3.63, 3.8) is 0 Å². The van der Waals surface area contributed by atoms with Gasteiger partial charge in [-0.3, -0.25) is 0 Å². The van der Waals surface area contributed by atoms with Gasteiger partial charge in [-0.15, -0.1) is 0 Å². The lowest BCUT2D eigenvalue weighted by Crippen LogP contribution is -2.58. The van der Waals surface area contributed by atoms with Crippen molar-refractivity contribution in [3.8, 4) is 0 Å². The Morgan fingerprint density at radius 2 is 0.238 bits per heavy atom. The van der Waals surface area contributed by atoms with Crippen LogP contribution in [0.4, 0.5) is 0 Å². The highest BCUT2D eigenvalue weighted by molar-refractivity contribution is 7.88. The molecule has 0 aromatic heterocycles. The molecule has 0 saturated carbocycles. The molecule has 0 atom stereocenters. The maximum atomic E-state index is 13.0. The molecule has 122 heavy (non-hydrogen) atoms. The predicted molar refractivity (Wildman–Crippen MR) is 420 cm³/mol. The summed E-state index contributed by atoms with van der Waals surface area (Å²) in [5.41, 5.74) is 0. The number of rotatable bonds is 60. The Kier molecular flexibility index (Phi) is 55.8. The minimum Gasteiger partial charge on any atom is -0.460 e. The second kappa shape index (κ2) is 55.1. The summed E-state index contributed by atoms with van der Waals surface area (Å²) < 4.78 is 718. The molecule has 57 nitrogen and oxygen atoms in total. The maximum absolute atomic E-state index is 13.0. The molecular weight excluding hydrogens is 2640 g/mol. The monoisotopic (exact) mass is 2660 g/mol. The molecule has 0 radical (unpaired) electrons. The van der Waals surface area contributed by atoms with Crippen molar-refractivity contribution in [2.45, 2.75) is 39.3 Å². The Bertz CT molecular complexity index is 5620. The Morgan fingerprint density at radius 1 is 0.148 bits per heavy atom. The Labute approximate surface area is 743 Å². The van der Waals surface area contributed by atoms with Crippen LogP contribution in [0.1, 0.15) is 0 Å². The highest BCUT2D eigenvalue weighted by atomic mass is 30.2. The van der Waals surface area contributed by atoms with E-state index in [0.717, 1.165) is 0 Å². The third kappa shape index (κ3) is 32.5. The molecule has 0 aliphatic carbocycles. The summed E-state index contributed by atoms with van der Waals surface area (Å²) in [5.74, 6) is 0. The van der Waals surface area contributed by atoms with E-state index in [1.807, 2.05) is 0 Å². The van der Waals surface area contributed by atoms with Gasteiger partial charge in [-0.1, -0.05) is 0 Å². The van der Waals surface area contributed by atoms with E-state index in [2.05, 4.69) is 0 Å². The van der Waals surface area contributed by atoms with E-state index in [1.54, 1.807) is 26.2 Å². The second-order valence-electron chi connectivity index (χ2n) is 22.2. The topological polar surface area (TPSA) is 957 Å². The molecule has 0 saturated heterocycles. The van der Waals surface area contributed by atoms with E-state index < -0.39 is 460 Å². The average molecular weight is 2660 g/mol. The fraction of sp³-hybridized carbons (Fsp3) is 1.00. The first-order valence-electron chi connectivity index (χ1n) is 29.6. The minimum absolute atomic E-state index is 1.31. The lowest BCUT2D eigenvalue weighted by Gasteiger charge is -2.21. The van der Waals surface area contributed by atoms with Crippen molar-refractivity contribution in [2.75, 3.05) is 0 Å². The van der Waals surface area contributed by atoms with Gasteiger partial charge in [0.05, 0.1) is 0 Å². The smallest absolute Gasteiger partial charge is 0.381 e. The van der Waals surface area contributed by atoms with Gasteiger partial charge in [0.1, 0.15) is 0 Å². The third-order valence-corrected chi connectivity index (χ3v) is 469.